The Bertz CT molecular complexity index is 497. The zero-order chi connectivity index (χ0) is 18.5. The molecule has 142 valence electrons. The minimum atomic E-state index is -0.173. The van der Waals surface area contributed by atoms with Gasteiger partial charge < -0.3 is 10.6 Å². The molecular weight excluding hydrogens is 308 g/mol. The van der Waals surface area contributed by atoms with Gasteiger partial charge >= 0.3 is 6.03 Å². The van der Waals surface area contributed by atoms with E-state index in [9.17, 15) is 4.79 Å². The predicted octanol–water partition coefficient (Wildman–Crippen LogP) is 6.68. The normalized spacial score (nSPS) is 11.4. The average Bonchev–Trinajstić information content (AvgIpc) is 2.57. The van der Waals surface area contributed by atoms with Crippen LogP contribution in [0.1, 0.15) is 91.0 Å². The van der Waals surface area contributed by atoms with Crippen molar-refractivity contribution in [2.75, 3.05) is 5.32 Å². The second-order valence-corrected chi connectivity index (χ2v) is 7.70. The minimum Gasteiger partial charge on any atom is -0.333 e. The summed E-state index contributed by atoms with van der Waals surface area (Å²) in [5, 5.41) is 6.12. The number of urea groups is 1. The Morgan fingerprint density at radius 2 is 1.52 bits per heavy atom. The van der Waals surface area contributed by atoms with Gasteiger partial charge in [-0.05, 0) is 38.3 Å². The molecule has 0 aliphatic heterocycles. The maximum Gasteiger partial charge on any atom is 0.319 e. The molecule has 2 N–H and O–H groups in total. The summed E-state index contributed by atoms with van der Waals surface area (Å²) in [6, 6.07) is 7.88. The monoisotopic (exact) mass is 346 g/mol. The number of aryl methyl sites for hydroxylation is 1. The fourth-order valence-corrected chi connectivity index (χ4v) is 3.17. The molecule has 25 heavy (non-hydrogen) atoms. The highest BCUT2D eigenvalue weighted by Gasteiger charge is 2.20. The van der Waals surface area contributed by atoms with Crippen molar-refractivity contribution < 1.29 is 4.79 Å². The van der Waals surface area contributed by atoms with Crippen LogP contribution in [0.15, 0.2) is 24.3 Å². The van der Waals surface area contributed by atoms with Crippen molar-refractivity contribution in [2.45, 2.75) is 97.4 Å². The molecule has 0 heterocycles. The van der Waals surface area contributed by atoms with Crippen LogP contribution in [0, 0.1) is 0 Å². The van der Waals surface area contributed by atoms with Crippen LogP contribution in [-0.2, 0) is 6.42 Å². The number of rotatable bonds is 12. The second kappa shape index (κ2) is 11.9. The molecule has 0 saturated carbocycles. The molecule has 3 heteroatoms. The van der Waals surface area contributed by atoms with Crippen LogP contribution in [0.5, 0.6) is 0 Å². The van der Waals surface area contributed by atoms with E-state index in [2.05, 4.69) is 44.4 Å². The summed E-state index contributed by atoms with van der Waals surface area (Å²) < 4.78 is 0. The molecular formula is C22H38N2O. The molecule has 1 aromatic carbocycles. The molecule has 3 nitrogen and oxygen atoms in total. The summed E-state index contributed by atoms with van der Waals surface area (Å²) in [6.07, 6.45) is 12.5. The van der Waals surface area contributed by atoms with Crippen LogP contribution in [-0.4, -0.2) is 11.6 Å². The van der Waals surface area contributed by atoms with E-state index >= 15 is 0 Å². The average molecular weight is 347 g/mol. The SMILES string of the molecule is CCCCCCCCCCC(C)(C)NC(=O)Nc1ccccc1CC. The van der Waals surface area contributed by atoms with Crippen molar-refractivity contribution in [3.63, 3.8) is 0 Å². The predicted molar refractivity (Wildman–Crippen MR) is 109 cm³/mol. The van der Waals surface area contributed by atoms with Gasteiger partial charge in [-0.2, -0.15) is 0 Å². The van der Waals surface area contributed by atoms with Crippen LogP contribution in [0.3, 0.4) is 0 Å². The Labute approximate surface area is 155 Å². The van der Waals surface area contributed by atoms with Gasteiger partial charge in [-0.3, -0.25) is 0 Å². The zero-order valence-electron chi connectivity index (χ0n) is 16.8. The third-order valence-corrected chi connectivity index (χ3v) is 4.75. The number of benzene rings is 1. The van der Waals surface area contributed by atoms with Gasteiger partial charge in [0.1, 0.15) is 0 Å². The molecule has 0 atom stereocenters. The van der Waals surface area contributed by atoms with Crippen molar-refractivity contribution >= 4 is 11.7 Å². The fourth-order valence-electron chi connectivity index (χ4n) is 3.17. The topological polar surface area (TPSA) is 41.1 Å². The van der Waals surface area contributed by atoms with Crippen LogP contribution in [0.2, 0.25) is 0 Å². The lowest BCUT2D eigenvalue weighted by Gasteiger charge is -2.26. The molecule has 1 aromatic rings. The highest BCUT2D eigenvalue weighted by atomic mass is 16.2. The Morgan fingerprint density at radius 1 is 0.920 bits per heavy atom. The van der Waals surface area contributed by atoms with E-state index in [1.165, 1.54) is 56.9 Å². The Morgan fingerprint density at radius 3 is 2.16 bits per heavy atom. The molecule has 0 radical (unpaired) electrons. The molecule has 1 rings (SSSR count). The molecule has 0 fully saturated rings. The molecule has 0 aliphatic rings. The van der Waals surface area contributed by atoms with E-state index in [1.54, 1.807) is 0 Å². The van der Waals surface area contributed by atoms with E-state index in [0.29, 0.717) is 0 Å². The van der Waals surface area contributed by atoms with E-state index in [1.807, 2.05) is 18.2 Å². The van der Waals surface area contributed by atoms with Gasteiger partial charge in [-0.15, -0.1) is 0 Å². The molecule has 0 bridgehead atoms. The van der Waals surface area contributed by atoms with Gasteiger partial charge in [-0.1, -0.05) is 83.4 Å². The van der Waals surface area contributed by atoms with Crippen LogP contribution in [0.25, 0.3) is 0 Å². The number of para-hydroxylation sites is 1. The first-order valence-corrected chi connectivity index (χ1v) is 10.2. The summed E-state index contributed by atoms with van der Waals surface area (Å²) >= 11 is 0. The first kappa shape index (κ1) is 21.5. The number of carbonyl (C=O) groups is 1. The van der Waals surface area contributed by atoms with Crippen molar-refractivity contribution in [2.24, 2.45) is 0 Å². The lowest BCUT2D eigenvalue weighted by atomic mass is 9.96. The van der Waals surface area contributed by atoms with Gasteiger partial charge in [0, 0.05) is 11.2 Å². The maximum absolute atomic E-state index is 12.3. The van der Waals surface area contributed by atoms with Gasteiger partial charge in [0.15, 0.2) is 0 Å². The van der Waals surface area contributed by atoms with Crippen molar-refractivity contribution in [3.05, 3.63) is 29.8 Å². The molecule has 0 aromatic heterocycles. The van der Waals surface area contributed by atoms with Crippen molar-refractivity contribution in [1.29, 1.82) is 0 Å². The largest absolute Gasteiger partial charge is 0.333 e. The smallest absolute Gasteiger partial charge is 0.319 e. The second-order valence-electron chi connectivity index (χ2n) is 7.70. The summed E-state index contributed by atoms with van der Waals surface area (Å²) in [5.41, 5.74) is 1.90. The van der Waals surface area contributed by atoms with Crippen molar-refractivity contribution in [3.8, 4) is 0 Å². The Hall–Kier alpha value is -1.51. The number of unbranched alkanes of at least 4 members (excludes halogenated alkanes) is 7. The van der Waals surface area contributed by atoms with Gasteiger partial charge in [-0.25, -0.2) is 4.79 Å². The third kappa shape index (κ3) is 9.52. The number of hydrogen-bond donors (Lipinski definition) is 2. The summed E-state index contributed by atoms with van der Waals surface area (Å²) in [4.78, 5) is 12.3. The lowest BCUT2D eigenvalue weighted by Crippen LogP contribution is -2.45. The zero-order valence-corrected chi connectivity index (χ0v) is 16.8. The number of hydrogen-bond acceptors (Lipinski definition) is 1. The lowest BCUT2D eigenvalue weighted by molar-refractivity contribution is 0.238. The molecule has 0 spiro atoms. The third-order valence-electron chi connectivity index (χ3n) is 4.75. The van der Waals surface area contributed by atoms with Gasteiger partial charge in [0.05, 0.1) is 0 Å². The van der Waals surface area contributed by atoms with E-state index < -0.39 is 0 Å². The molecule has 2 amide bonds. The number of carbonyl (C=O) groups excluding carboxylic acids is 1. The van der Waals surface area contributed by atoms with E-state index in [-0.39, 0.29) is 11.6 Å². The van der Waals surface area contributed by atoms with Crippen LogP contribution < -0.4 is 10.6 Å². The molecule has 0 unspecified atom stereocenters. The maximum atomic E-state index is 12.3. The molecule has 0 saturated heterocycles. The van der Waals surface area contributed by atoms with Crippen LogP contribution >= 0.6 is 0 Å². The Balaban J connectivity index is 2.26. The highest BCUT2D eigenvalue weighted by molar-refractivity contribution is 5.90. The number of nitrogens with one attached hydrogen (secondary N) is 2. The van der Waals surface area contributed by atoms with Crippen molar-refractivity contribution in [1.82, 2.24) is 5.32 Å². The summed E-state index contributed by atoms with van der Waals surface area (Å²) in [5.74, 6) is 0. The Kier molecular flexibility index (Phi) is 10.3. The summed E-state index contributed by atoms with van der Waals surface area (Å²) in [7, 11) is 0. The van der Waals surface area contributed by atoms with Gasteiger partial charge in [0.2, 0.25) is 0 Å². The highest BCUT2D eigenvalue weighted by Crippen LogP contribution is 2.18. The summed E-state index contributed by atoms with van der Waals surface area (Å²) in [6.45, 7) is 8.58. The number of anilines is 1. The quantitative estimate of drug-likeness (QED) is 0.407. The minimum absolute atomic E-state index is 0.106. The van der Waals surface area contributed by atoms with Gasteiger partial charge in [0.25, 0.3) is 0 Å². The molecule has 0 aliphatic carbocycles. The standard InChI is InChI=1S/C22H38N2O/c1-5-7-8-9-10-11-12-15-18-22(3,4)24-21(25)23-20-17-14-13-16-19(20)6-2/h13-14,16-17H,5-12,15,18H2,1-4H3,(H2,23,24,25). The number of amides is 2. The first-order valence-electron chi connectivity index (χ1n) is 10.2. The first-order chi connectivity index (χ1) is 12.0. The fraction of sp³-hybridized carbons (Fsp3) is 0.682. The van der Waals surface area contributed by atoms with E-state index in [4.69, 9.17) is 0 Å². The van der Waals surface area contributed by atoms with Crippen LogP contribution in [0.4, 0.5) is 10.5 Å². The van der Waals surface area contributed by atoms with E-state index in [0.717, 1.165) is 18.5 Å².